The molecule has 1 unspecified atom stereocenters. The van der Waals surface area contributed by atoms with Crippen LogP contribution in [0.3, 0.4) is 0 Å². The van der Waals surface area contributed by atoms with Crippen LogP contribution in [0.25, 0.3) is 10.8 Å². The first kappa shape index (κ1) is 16.9. The van der Waals surface area contributed by atoms with E-state index in [1.165, 1.54) is 0 Å². The zero-order chi connectivity index (χ0) is 17.3. The van der Waals surface area contributed by atoms with Crippen molar-refractivity contribution in [3.05, 3.63) is 42.5 Å². The topological polar surface area (TPSA) is 75.3 Å². The number of carbonyl (C=O) groups excluding carboxylic acids is 1. The van der Waals surface area contributed by atoms with Gasteiger partial charge in [0, 0.05) is 6.04 Å². The minimum absolute atomic E-state index is 0.140. The molecule has 0 bridgehead atoms. The van der Waals surface area contributed by atoms with Crippen molar-refractivity contribution in [1.29, 1.82) is 0 Å². The number of hydrogen-bond donors (Lipinski definition) is 2. The zero-order valence-corrected chi connectivity index (χ0v) is 14.6. The maximum absolute atomic E-state index is 12.7. The first-order valence-corrected chi connectivity index (χ1v) is 9.66. The molecule has 1 aliphatic rings. The summed E-state index contributed by atoms with van der Waals surface area (Å²) in [6.45, 7) is 3.67. The van der Waals surface area contributed by atoms with Gasteiger partial charge in [-0.05, 0) is 41.7 Å². The lowest BCUT2D eigenvalue weighted by Crippen LogP contribution is -2.50. The third-order valence-corrected chi connectivity index (χ3v) is 5.62. The number of hydrogen-bond acceptors (Lipinski definition) is 3. The van der Waals surface area contributed by atoms with E-state index in [9.17, 15) is 13.2 Å². The van der Waals surface area contributed by atoms with Crippen LogP contribution in [0.1, 0.15) is 26.7 Å². The molecule has 1 atom stereocenters. The van der Waals surface area contributed by atoms with E-state index in [1.54, 1.807) is 18.2 Å². The molecule has 128 valence electrons. The number of sulfonamides is 1. The molecule has 0 heterocycles. The van der Waals surface area contributed by atoms with Gasteiger partial charge in [-0.15, -0.1) is 0 Å². The summed E-state index contributed by atoms with van der Waals surface area (Å²) >= 11 is 0. The molecule has 3 rings (SSSR count). The van der Waals surface area contributed by atoms with E-state index in [4.69, 9.17) is 0 Å². The van der Waals surface area contributed by atoms with Crippen molar-refractivity contribution in [2.75, 3.05) is 0 Å². The fourth-order valence-corrected chi connectivity index (χ4v) is 3.96. The monoisotopic (exact) mass is 346 g/mol. The van der Waals surface area contributed by atoms with Gasteiger partial charge in [0.25, 0.3) is 0 Å². The van der Waals surface area contributed by atoms with Crippen LogP contribution >= 0.6 is 0 Å². The van der Waals surface area contributed by atoms with Crippen molar-refractivity contribution in [3.63, 3.8) is 0 Å². The van der Waals surface area contributed by atoms with Gasteiger partial charge in [-0.3, -0.25) is 4.79 Å². The van der Waals surface area contributed by atoms with E-state index in [0.29, 0.717) is 0 Å². The van der Waals surface area contributed by atoms with E-state index in [-0.39, 0.29) is 22.8 Å². The Morgan fingerprint density at radius 2 is 1.75 bits per heavy atom. The summed E-state index contributed by atoms with van der Waals surface area (Å²) in [5, 5.41) is 4.70. The van der Waals surface area contributed by atoms with Crippen molar-refractivity contribution in [2.45, 2.75) is 43.7 Å². The van der Waals surface area contributed by atoms with Crippen molar-refractivity contribution < 1.29 is 13.2 Å². The Balaban J connectivity index is 1.85. The van der Waals surface area contributed by atoms with Gasteiger partial charge in [0.1, 0.15) is 6.04 Å². The summed E-state index contributed by atoms with van der Waals surface area (Å²) in [6.07, 6.45) is 1.93. The molecule has 0 saturated heterocycles. The van der Waals surface area contributed by atoms with E-state index in [1.807, 2.05) is 38.1 Å². The second-order valence-electron chi connectivity index (χ2n) is 6.63. The second-order valence-corrected chi connectivity index (χ2v) is 8.35. The highest BCUT2D eigenvalue weighted by Gasteiger charge is 2.32. The van der Waals surface area contributed by atoms with Crippen LogP contribution in [-0.2, 0) is 14.8 Å². The quantitative estimate of drug-likeness (QED) is 0.843. The summed E-state index contributed by atoms with van der Waals surface area (Å²) in [4.78, 5) is 12.5. The molecular formula is C18H22N2O3S. The Morgan fingerprint density at radius 1 is 1.08 bits per heavy atom. The second kappa shape index (κ2) is 6.53. The highest BCUT2D eigenvalue weighted by molar-refractivity contribution is 7.89. The fourth-order valence-electron chi connectivity index (χ4n) is 2.58. The third kappa shape index (κ3) is 3.76. The molecule has 2 aromatic carbocycles. The summed E-state index contributed by atoms with van der Waals surface area (Å²) in [6, 6.07) is 12.0. The summed E-state index contributed by atoms with van der Waals surface area (Å²) in [7, 11) is -3.77. The molecule has 5 nitrogen and oxygen atoms in total. The standard InChI is InChI=1S/C18H22N2O3S/c1-12(2)17(18(21)19-15-8-9-15)20-24(22,23)16-10-7-13-5-3-4-6-14(13)11-16/h3-7,10-12,15,17,20H,8-9H2,1-2H3,(H,19,21). The molecule has 2 aromatic rings. The van der Waals surface area contributed by atoms with Crippen LogP contribution in [0, 0.1) is 5.92 Å². The summed E-state index contributed by atoms with van der Waals surface area (Å²) < 4.78 is 28.0. The predicted octanol–water partition coefficient (Wildman–Crippen LogP) is 2.42. The molecule has 6 heteroatoms. The number of carbonyl (C=O) groups is 1. The first-order chi connectivity index (χ1) is 11.4. The lowest BCUT2D eigenvalue weighted by Gasteiger charge is -2.21. The Morgan fingerprint density at radius 3 is 2.38 bits per heavy atom. The molecule has 1 amide bonds. The van der Waals surface area contributed by atoms with Crippen LogP contribution in [0.5, 0.6) is 0 Å². The van der Waals surface area contributed by atoms with E-state index >= 15 is 0 Å². The minimum atomic E-state index is -3.77. The van der Waals surface area contributed by atoms with E-state index in [0.717, 1.165) is 23.6 Å². The molecule has 1 aliphatic carbocycles. The summed E-state index contributed by atoms with van der Waals surface area (Å²) in [5.74, 6) is -0.393. The highest BCUT2D eigenvalue weighted by Crippen LogP contribution is 2.21. The number of fused-ring (bicyclic) bond motifs is 1. The van der Waals surface area contributed by atoms with Gasteiger partial charge >= 0.3 is 0 Å². The maximum atomic E-state index is 12.7. The van der Waals surface area contributed by atoms with Gasteiger partial charge in [-0.2, -0.15) is 4.72 Å². The number of amides is 1. The molecule has 1 saturated carbocycles. The Bertz CT molecular complexity index is 857. The van der Waals surface area contributed by atoms with E-state index in [2.05, 4.69) is 10.0 Å². The van der Waals surface area contributed by atoms with Gasteiger partial charge in [-0.1, -0.05) is 44.2 Å². The first-order valence-electron chi connectivity index (χ1n) is 8.18. The van der Waals surface area contributed by atoms with Crippen LogP contribution in [0.2, 0.25) is 0 Å². The Hall–Kier alpha value is -1.92. The molecule has 0 radical (unpaired) electrons. The van der Waals surface area contributed by atoms with Crippen LogP contribution < -0.4 is 10.0 Å². The average molecular weight is 346 g/mol. The van der Waals surface area contributed by atoms with Gasteiger partial charge in [0.05, 0.1) is 4.90 Å². The Labute approximate surface area is 142 Å². The van der Waals surface area contributed by atoms with Gasteiger partial charge in [0.15, 0.2) is 0 Å². The lowest BCUT2D eigenvalue weighted by atomic mass is 10.1. The normalized spacial score (nSPS) is 16.3. The average Bonchev–Trinajstić information content (AvgIpc) is 3.35. The molecule has 2 N–H and O–H groups in total. The smallest absolute Gasteiger partial charge is 0.241 e. The van der Waals surface area contributed by atoms with Crippen molar-refractivity contribution >= 4 is 26.7 Å². The molecule has 0 spiro atoms. The molecule has 1 fully saturated rings. The van der Waals surface area contributed by atoms with E-state index < -0.39 is 16.1 Å². The largest absolute Gasteiger partial charge is 0.352 e. The van der Waals surface area contributed by atoms with Crippen molar-refractivity contribution in [2.24, 2.45) is 5.92 Å². The summed E-state index contributed by atoms with van der Waals surface area (Å²) in [5.41, 5.74) is 0. The minimum Gasteiger partial charge on any atom is -0.352 e. The van der Waals surface area contributed by atoms with Crippen molar-refractivity contribution in [3.8, 4) is 0 Å². The van der Waals surface area contributed by atoms with Crippen molar-refractivity contribution in [1.82, 2.24) is 10.0 Å². The lowest BCUT2D eigenvalue weighted by molar-refractivity contribution is -0.123. The molecule has 0 aromatic heterocycles. The van der Waals surface area contributed by atoms with Crippen LogP contribution in [0.4, 0.5) is 0 Å². The number of benzene rings is 2. The molecule has 0 aliphatic heterocycles. The fraction of sp³-hybridized carbons (Fsp3) is 0.389. The number of rotatable bonds is 6. The molecule has 24 heavy (non-hydrogen) atoms. The van der Waals surface area contributed by atoms with Gasteiger partial charge in [0.2, 0.25) is 15.9 Å². The number of nitrogens with one attached hydrogen (secondary N) is 2. The molecular weight excluding hydrogens is 324 g/mol. The third-order valence-electron chi connectivity index (χ3n) is 4.19. The maximum Gasteiger partial charge on any atom is 0.241 e. The van der Waals surface area contributed by atoms with Crippen LogP contribution in [-0.4, -0.2) is 26.4 Å². The predicted molar refractivity (Wildman–Crippen MR) is 94.1 cm³/mol. The van der Waals surface area contributed by atoms with Crippen LogP contribution in [0.15, 0.2) is 47.4 Å². The highest BCUT2D eigenvalue weighted by atomic mass is 32.2. The Kier molecular flexibility index (Phi) is 4.60. The zero-order valence-electron chi connectivity index (χ0n) is 13.8. The SMILES string of the molecule is CC(C)C(NS(=O)(=O)c1ccc2ccccc2c1)C(=O)NC1CC1. The van der Waals surface area contributed by atoms with Gasteiger partial charge < -0.3 is 5.32 Å². The van der Waals surface area contributed by atoms with Gasteiger partial charge in [-0.25, -0.2) is 8.42 Å².